The molecule has 3 unspecified atom stereocenters. The lowest BCUT2D eigenvalue weighted by Gasteiger charge is -2.40. The van der Waals surface area contributed by atoms with E-state index in [1.807, 2.05) is 12.1 Å². The van der Waals surface area contributed by atoms with Crippen LogP contribution in [0.5, 0.6) is 0 Å². The van der Waals surface area contributed by atoms with Crippen molar-refractivity contribution in [3.63, 3.8) is 0 Å². The molecule has 2 aliphatic rings. The lowest BCUT2D eigenvalue weighted by atomic mass is 9.84. The normalized spacial score (nSPS) is 30.4. The molecule has 2 saturated heterocycles. The summed E-state index contributed by atoms with van der Waals surface area (Å²) in [7, 11) is 0. The Kier molecular flexibility index (Phi) is 3.59. The van der Waals surface area contributed by atoms with Gasteiger partial charge < -0.3 is 5.32 Å². The smallest absolute Gasteiger partial charge is 0.123 e. The average Bonchev–Trinajstić information content (AvgIpc) is 2.95. The van der Waals surface area contributed by atoms with Crippen molar-refractivity contribution in [2.45, 2.75) is 38.8 Å². The third kappa shape index (κ3) is 2.38. The first kappa shape index (κ1) is 14.0. The second kappa shape index (κ2) is 5.12. The van der Waals surface area contributed by atoms with E-state index in [9.17, 15) is 4.39 Å². The van der Waals surface area contributed by atoms with Crippen LogP contribution in [0, 0.1) is 17.7 Å². The van der Waals surface area contributed by atoms with E-state index >= 15 is 0 Å². The van der Waals surface area contributed by atoms with Gasteiger partial charge in [0, 0.05) is 24.7 Å². The standard InChI is InChI=1S/C17H25FN2/c1-12(8-13-4-6-15(18)7-5-13)20-11-14-9-19-10-16(14)17(20,2)3/h4-7,12,14,16,19H,8-11H2,1-3H3. The summed E-state index contributed by atoms with van der Waals surface area (Å²) < 4.78 is 13.0. The number of fused-ring (bicyclic) bond motifs is 1. The highest BCUT2D eigenvalue weighted by Crippen LogP contribution is 2.42. The summed E-state index contributed by atoms with van der Waals surface area (Å²) >= 11 is 0. The summed E-state index contributed by atoms with van der Waals surface area (Å²) in [5, 5.41) is 3.53. The zero-order valence-electron chi connectivity index (χ0n) is 12.7. The highest BCUT2D eigenvalue weighted by molar-refractivity contribution is 5.18. The molecule has 3 atom stereocenters. The molecule has 2 nitrogen and oxygen atoms in total. The first-order valence-electron chi connectivity index (χ1n) is 7.70. The van der Waals surface area contributed by atoms with Gasteiger partial charge in [0.15, 0.2) is 0 Å². The number of hydrogen-bond donors (Lipinski definition) is 1. The van der Waals surface area contributed by atoms with Crippen LogP contribution in [0.25, 0.3) is 0 Å². The molecule has 1 N–H and O–H groups in total. The second-order valence-corrected chi connectivity index (χ2v) is 7.01. The van der Waals surface area contributed by atoms with Gasteiger partial charge in [-0.15, -0.1) is 0 Å². The van der Waals surface area contributed by atoms with E-state index in [0.717, 1.165) is 31.3 Å². The molecule has 0 spiro atoms. The van der Waals surface area contributed by atoms with Crippen LogP contribution >= 0.6 is 0 Å². The van der Waals surface area contributed by atoms with E-state index < -0.39 is 0 Å². The van der Waals surface area contributed by atoms with Gasteiger partial charge in [0.25, 0.3) is 0 Å². The van der Waals surface area contributed by atoms with E-state index in [2.05, 4.69) is 31.0 Å². The lowest BCUT2D eigenvalue weighted by Crippen LogP contribution is -2.49. The zero-order chi connectivity index (χ0) is 14.3. The van der Waals surface area contributed by atoms with Gasteiger partial charge in [0.1, 0.15) is 5.82 Å². The Morgan fingerprint density at radius 3 is 2.65 bits per heavy atom. The minimum atomic E-state index is -0.150. The third-order valence-corrected chi connectivity index (χ3v) is 5.40. The summed E-state index contributed by atoms with van der Waals surface area (Å²) in [4.78, 5) is 2.66. The summed E-state index contributed by atoms with van der Waals surface area (Å²) in [6.07, 6.45) is 0.997. The quantitative estimate of drug-likeness (QED) is 0.913. The maximum atomic E-state index is 13.0. The zero-order valence-corrected chi connectivity index (χ0v) is 12.7. The largest absolute Gasteiger partial charge is 0.316 e. The van der Waals surface area contributed by atoms with Gasteiger partial charge in [-0.3, -0.25) is 4.90 Å². The molecule has 0 amide bonds. The highest BCUT2D eigenvalue weighted by Gasteiger charge is 2.50. The van der Waals surface area contributed by atoms with E-state index in [0.29, 0.717) is 6.04 Å². The first-order valence-corrected chi connectivity index (χ1v) is 7.70. The number of nitrogens with zero attached hydrogens (tertiary/aromatic N) is 1. The molecule has 0 radical (unpaired) electrons. The average molecular weight is 276 g/mol. The Morgan fingerprint density at radius 2 is 2.00 bits per heavy atom. The number of benzene rings is 1. The van der Waals surface area contributed by atoms with Crippen LogP contribution < -0.4 is 5.32 Å². The minimum Gasteiger partial charge on any atom is -0.316 e. The molecular weight excluding hydrogens is 251 g/mol. The molecular formula is C17H25FN2. The van der Waals surface area contributed by atoms with E-state index in [-0.39, 0.29) is 11.4 Å². The van der Waals surface area contributed by atoms with Gasteiger partial charge in [-0.1, -0.05) is 12.1 Å². The monoisotopic (exact) mass is 276 g/mol. The fourth-order valence-corrected chi connectivity index (χ4v) is 4.27. The van der Waals surface area contributed by atoms with Crippen molar-refractivity contribution in [1.82, 2.24) is 10.2 Å². The van der Waals surface area contributed by atoms with Gasteiger partial charge in [-0.2, -0.15) is 0 Å². The van der Waals surface area contributed by atoms with Crippen LogP contribution in [-0.4, -0.2) is 36.1 Å². The number of nitrogens with one attached hydrogen (secondary N) is 1. The van der Waals surface area contributed by atoms with Crippen LogP contribution in [-0.2, 0) is 6.42 Å². The first-order chi connectivity index (χ1) is 9.48. The van der Waals surface area contributed by atoms with Crippen LogP contribution in [0.1, 0.15) is 26.3 Å². The number of likely N-dealkylation sites (tertiary alicyclic amines) is 1. The summed E-state index contributed by atoms with van der Waals surface area (Å²) in [5.74, 6) is 1.40. The Morgan fingerprint density at radius 1 is 1.30 bits per heavy atom. The Bertz CT molecular complexity index is 468. The molecule has 20 heavy (non-hydrogen) atoms. The molecule has 1 aromatic rings. The van der Waals surface area contributed by atoms with Crippen molar-refractivity contribution >= 4 is 0 Å². The topological polar surface area (TPSA) is 15.3 Å². The summed E-state index contributed by atoms with van der Waals surface area (Å²) in [5.41, 5.74) is 1.48. The van der Waals surface area contributed by atoms with Crippen LogP contribution in [0.15, 0.2) is 24.3 Å². The minimum absolute atomic E-state index is 0.150. The van der Waals surface area contributed by atoms with Crippen LogP contribution in [0.3, 0.4) is 0 Å². The molecule has 1 aromatic carbocycles. The van der Waals surface area contributed by atoms with Gasteiger partial charge in [0.05, 0.1) is 0 Å². The predicted octanol–water partition coefficient (Wildman–Crippen LogP) is 2.69. The Hall–Kier alpha value is -0.930. The van der Waals surface area contributed by atoms with E-state index in [1.54, 1.807) is 12.1 Å². The molecule has 3 heteroatoms. The van der Waals surface area contributed by atoms with Gasteiger partial charge in [-0.25, -0.2) is 4.39 Å². The highest BCUT2D eigenvalue weighted by atomic mass is 19.1. The molecule has 0 aromatic heterocycles. The molecule has 110 valence electrons. The lowest BCUT2D eigenvalue weighted by molar-refractivity contribution is 0.0970. The summed E-state index contributed by atoms with van der Waals surface area (Å²) in [6.45, 7) is 10.6. The molecule has 0 saturated carbocycles. The number of hydrogen-bond acceptors (Lipinski definition) is 2. The van der Waals surface area contributed by atoms with Gasteiger partial charge >= 0.3 is 0 Å². The van der Waals surface area contributed by atoms with Crippen molar-refractivity contribution in [1.29, 1.82) is 0 Å². The Labute approximate surface area is 121 Å². The Balaban J connectivity index is 1.71. The second-order valence-electron chi connectivity index (χ2n) is 7.01. The van der Waals surface area contributed by atoms with Crippen molar-refractivity contribution in [3.8, 4) is 0 Å². The van der Waals surface area contributed by atoms with Crippen LogP contribution in [0.2, 0.25) is 0 Å². The molecule has 3 rings (SSSR count). The fraction of sp³-hybridized carbons (Fsp3) is 0.647. The predicted molar refractivity (Wildman–Crippen MR) is 80.2 cm³/mol. The molecule has 0 bridgehead atoms. The fourth-order valence-electron chi connectivity index (χ4n) is 4.27. The molecule has 0 aliphatic carbocycles. The molecule has 2 aliphatic heterocycles. The maximum Gasteiger partial charge on any atom is 0.123 e. The van der Waals surface area contributed by atoms with Gasteiger partial charge in [0.2, 0.25) is 0 Å². The van der Waals surface area contributed by atoms with Crippen molar-refractivity contribution in [2.75, 3.05) is 19.6 Å². The molecule has 2 heterocycles. The van der Waals surface area contributed by atoms with Crippen molar-refractivity contribution < 1.29 is 4.39 Å². The maximum absolute atomic E-state index is 13.0. The van der Waals surface area contributed by atoms with Gasteiger partial charge in [-0.05, 0) is 63.3 Å². The molecule has 2 fully saturated rings. The third-order valence-electron chi connectivity index (χ3n) is 5.40. The van der Waals surface area contributed by atoms with Crippen LogP contribution in [0.4, 0.5) is 4.39 Å². The van der Waals surface area contributed by atoms with Crippen molar-refractivity contribution in [2.24, 2.45) is 11.8 Å². The van der Waals surface area contributed by atoms with Crippen molar-refractivity contribution in [3.05, 3.63) is 35.6 Å². The SMILES string of the molecule is CC(Cc1ccc(F)cc1)N1CC2CNCC2C1(C)C. The summed E-state index contributed by atoms with van der Waals surface area (Å²) in [6, 6.07) is 7.46. The van der Waals surface area contributed by atoms with E-state index in [1.165, 1.54) is 12.1 Å². The van der Waals surface area contributed by atoms with E-state index in [4.69, 9.17) is 0 Å². The number of halogens is 1. The number of rotatable bonds is 3.